The average Bonchev–Trinajstić information content (AvgIpc) is 1.37. The summed E-state index contributed by atoms with van der Waals surface area (Å²) in [5.74, 6) is 0.723. The normalized spacial score (nSPS) is 10.2. The first kappa shape index (κ1) is 5.39. The van der Waals surface area contributed by atoms with E-state index in [9.17, 15) is 0 Å². The van der Waals surface area contributed by atoms with Gasteiger partial charge in [-0.15, -0.1) is 8.93 Å². The fourth-order valence-electron chi connectivity index (χ4n) is 0. The van der Waals surface area contributed by atoms with Crippen LogP contribution in [0.4, 0.5) is 0 Å². The van der Waals surface area contributed by atoms with Crippen LogP contribution in [0.1, 0.15) is 0 Å². The Morgan fingerprint density at radius 1 is 2.00 bits per heavy atom. The molecule has 0 rings (SSSR count). The third-order valence-electron chi connectivity index (χ3n) is 0.0488. The largest absolute Gasteiger partial charge is 0.771 e. The molecular weight excluding hydrogens is 203 g/mol. The Bertz CT molecular complexity index is 20.0. The molecule has 0 bridgehead atoms. The number of hydrogen-bond acceptors (Lipinski definition) is 0. The minimum Gasteiger partial charge on any atom is -0.771 e. The predicted octanol–water partition coefficient (Wildman–Crippen LogP) is 2.09. The molecule has 4 heavy (non-hydrogen) atoms. The van der Waals surface area contributed by atoms with Crippen LogP contribution in [0.5, 0.6) is 0 Å². The summed E-state index contributed by atoms with van der Waals surface area (Å²) in [4.78, 5) is 0. The second-order valence-electron chi connectivity index (χ2n) is 0.194. The summed E-state index contributed by atoms with van der Waals surface area (Å²) in [5, 5.41) is 0. The van der Waals surface area contributed by atoms with E-state index in [1.54, 1.807) is 0 Å². The van der Waals surface area contributed by atoms with Gasteiger partial charge in [-0.25, -0.2) is 20.5 Å². The molecule has 2 unspecified atom stereocenters. The molecule has 0 N–H and O–H groups in total. The van der Waals surface area contributed by atoms with Crippen molar-refractivity contribution < 1.29 is 0 Å². The highest BCUT2D eigenvalue weighted by Crippen LogP contribution is 2.35. The van der Waals surface area contributed by atoms with Crippen molar-refractivity contribution in [2.24, 2.45) is 0 Å². The fourth-order valence-corrected chi connectivity index (χ4v) is 0. The van der Waals surface area contributed by atoms with Crippen LogP contribution in [0.3, 0.4) is 0 Å². The monoisotopic (exact) mass is 206 g/mol. The minimum absolute atomic E-state index is 0.399. The van der Waals surface area contributed by atoms with Crippen LogP contribution < -0.4 is 0 Å². The first-order valence-electron chi connectivity index (χ1n) is 0.647. The van der Waals surface area contributed by atoms with Crippen molar-refractivity contribution >= 4 is 35.3 Å². The van der Waals surface area contributed by atoms with Crippen LogP contribution in [0.25, 0.3) is 3.56 Å². The highest BCUT2D eigenvalue weighted by Gasteiger charge is 1.35. The Hall–Kier alpha value is 1.39. The fraction of sp³-hybridized carbons (Fsp3) is 0. The third kappa shape index (κ3) is 3.39. The van der Waals surface area contributed by atoms with Gasteiger partial charge >= 0.3 is 0 Å². The molecule has 0 heterocycles. The molecular formula is H3INP2-. The summed E-state index contributed by atoms with van der Waals surface area (Å²) in [6.45, 7) is 0. The van der Waals surface area contributed by atoms with E-state index in [-0.39, 0.29) is 0 Å². The zero-order chi connectivity index (χ0) is 3.41. The number of nitrogens with zero attached hydrogens (tertiary/aromatic N) is 1. The Morgan fingerprint density at radius 2 is 2.25 bits per heavy atom. The summed E-state index contributed by atoms with van der Waals surface area (Å²) in [6.07, 6.45) is 0. The number of hydrogen-bond donors (Lipinski definition) is 0. The van der Waals surface area contributed by atoms with Crippen molar-refractivity contribution in [2.45, 2.75) is 0 Å². The van der Waals surface area contributed by atoms with Crippen LogP contribution in [-0.2, 0) is 0 Å². The SMILES string of the molecule is [N-]=IPP. The molecule has 0 spiro atoms. The zero-order valence-corrected chi connectivity index (χ0v) is 6.21. The van der Waals surface area contributed by atoms with Crippen molar-refractivity contribution in [3.63, 3.8) is 0 Å². The molecule has 2 atom stereocenters. The lowest BCUT2D eigenvalue weighted by Crippen LogP contribution is -0.701. The van der Waals surface area contributed by atoms with Gasteiger partial charge in [0.1, 0.15) is 0 Å². The molecule has 0 aromatic heterocycles. The maximum Gasteiger partial charge on any atom is -0.0650 e. The maximum absolute atomic E-state index is 7.98. The van der Waals surface area contributed by atoms with Crippen molar-refractivity contribution in [1.82, 2.24) is 0 Å². The topological polar surface area (TPSA) is 22.3 Å². The Balaban J connectivity index is 2.30. The van der Waals surface area contributed by atoms with Gasteiger partial charge in [-0.05, 0) is 0 Å². The van der Waals surface area contributed by atoms with E-state index >= 15 is 0 Å². The van der Waals surface area contributed by atoms with Gasteiger partial charge in [0.05, 0.1) is 0 Å². The summed E-state index contributed by atoms with van der Waals surface area (Å²) in [7, 11) is 2.48. The molecule has 0 amide bonds. The Kier molecular flexibility index (Phi) is 5.92. The highest BCUT2D eigenvalue weighted by molar-refractivity contribution is 14.2. The number of rotatable bonds is 1. The summed E-state index contributed by atoms with van der Waals surface area (Å²) < 4.78 is 7.98. The van der Waals surface area contributed by atoms with E-state index in [0.717, 1.165) is 5.91 Å². The Morgan fingerprint density at radius 3 is 2.25 bits per heavy atom. The van der Waals surface area contributed by atoms with Crippen molar-refractivity contribution in [1.29, 1.82) is 0 Å². The van der Waals surface area contributed by atoms with Gasteiger partial charge in [0, 0.05) is 0 Å². The van der Waals surface area contributed by atoms with E-state index in [1.165, 1.54) is 0 Å². The Labute approximate surface area is 39.1 Å². The summed E-state index contributed by atoms with van der Waals surface area (Å²) in [5.41, 5.74) is 0. The van der Waals surface area contributed by atoms with Gasteiger partial charge in [0.15, 0.2) is 0 Å². The van der Waals surface area contributed by atoms with Crippen molar-refractivity contribution in [3.8, 4) is 0 Å². The average molecular weight is 206 g/mol. The van der Waals surface area contributed by atoms with Gasteiger partial charge in [-0.3, -0.25) is 0 Å². The van der Waals surface area contributed by atoms with E-state index in [4.69, 9.17) is 3.56 Å². The summed E-state index contributed by atoms with van der Waals surface area (Å²) >= 11 is -0.399. The first-order chi connectivity index (χ1) is 1.91. The molecule has 0 fully saturated rings. The van der Waals surface area contributed by atoms with E-state index in [0.29, 0.717) is 0 Å². The summed E-state index contributed by atoms with van der Waals surface area (Å²) in [6, 6.07) is 0. The molecule has 0 radical (unpaired) electrons. The first-order valence-corrected chi connectivity index (χ1v) is 7.54. The zero-order valence-electron chi connectivity index (χ0n) is 1.90. The quantitative estimate of drug-likeness (QED) is 0.462. The third-order valence-corrected chi connectivity index (χ3v) is 2.95. The standard InChI is InChI=1S/H3INP2/c2-1-4-3/h4H,3H2/q-1. The van der Waals surface area contributed by atoms with Gasteiger partial charge in [0.25, 0.3) is 0 Å². The van der Waals surface area contributed by atoms with Gasteiger partial charge in [-0.1, -0.05) is 5.91 Å². The van der Waals surface area contributed by atoms with Crippen molar-refractivity contribution in [2.75, 3.05) is 0 Å². The molecule has 0 aromatic carbocycles. The minimum atomic E-state index is -0.399. The smallest absolute Gasteiger partial charge is 0.0650 e. The lowest BCUT2D eigenvalue weighted by Gasteiger charge is -1.73. The molecule has 0 aliphatic heterocycles. The second-order valence-corrected chi connectivity index (χ2v) is 8.29. The highest BCUT2D eigenvalue weighted by atomic mass is 127. The predicted molar refractivity (Wildman–Crippen MR) is 35.4 cm³/mol. The van der Waals surface area contributed by atoms with Crippen LogP contribution in [0.15, 0.2) is 0 Å². The molecule has 0 saturated heterocycles. The molecule has 0 aromatic rings. The number of halogens is 1. The molecule has 0 aliphatic rings. The van der Waals surface area contributed by atoms with Gasteiger partial charge in [0.2, 0.25) is 0 Å². The van der Waals surface area contributed by atoms with Gasteiger partial charge in [-0.2, -0.15) is 0 Å². The van der Waals surface area contributed by atoms with Crippen LogP contribution in [0, 0.1) is 0 Å². The van der Waals surface area contributed by atoms with Crippen LogP contribution in [0.2, 0.25) is 0 Å². The van der Waals surface area contributed by atoms with Gasteiger partial charge < -0.3 is 3.56 Å². The lowest BCUT2D eigenvalue weighted by molar-refractivity contribution is 3.31. The molecule has 4 heteroatoms. The lowest BCUT2D eigenvalue weighted by atomic mass is 14.0. The molecule has 0 aliphatic carbocycles. The molecule has 0 saturated carbocycles. The van der Waals surface area contributed by atoms with E-state index in [2.05, 4.69) is 8.93 Å². The maximum atomic E-state index is 7.98. The van der Waals surface area contributed by atoms with E-state index < -0.39 is 20.5 Å². The van der Waals surface area contributed by atoms with E-state index in [1.807, 2.05) is 0 Å². The molecule has 26 valence electrons. The molecule has 1 nitrogen and oxygen atoms in total. The van der Waals surface area contributed by atoms with Crippen LogP contribution in [-0.4, -0.2) is 0 Å². The van der Waals surface area contributed by atoms with Crippen molar-refractivity contribution in [3.05, 3.63) is 3.56 Å². The second kappa shape index (κ2) is 4.39. The van der Waals surface area contributed by atoms with Crippen LogP contribution >= 0.6 is 35.3 Å².